The zero-order valence-corrected chi connectivity index (χ0v) is 12.5. The van der Waals surface area contributed by atoms with E-state index in [9.17, 15) is 4.39 Å². The summed E-state index contributed by atoms with van der Waals surface area (Å²) in [5.74, 6) is -0.270. The van der Waals surface area contributed by atoms with Gasteiger partial charge >= 0.3 is 0 Å². The molecule has 5 nitrogen and oxygen atoms in total. The van der Waals surface area contributed by atoms with Crippen LogP contribution in [0, 0.1) is 5.82 Å². The average Bonchev–Trinajstić information content (AvgIpc) is 3.25. The molecule has 3 aromatic rings. The van der Waals surface area contributed by atoms with Gasteiger partial charge in [-0.05, 0) is 36.8 Å². The highest BCUT2D eigenvalue weighted by Crippen LogP contribution is 2.40. The second-order valence-electron chi connectivity index (χ2n) is 6.20. The molecule has 1 aromatic carbocycles. The number of aryl methyl sites for hydroxylation is 1. The standard InChI is InChI=1S/C17H16FN5/c18-13-5-14-12(8-21-23-14)15-10-3-1-2-4-11(10)16(22-17(13)15)9-6-19-20-7-9/h5-7,21,23H,1-4,8H2,(H,19,20). The highest BCUT2D eigenvalue weighted by Gasteiger charge is 2.26. The van der Waals surface area contributed by atoms with Gasteiger partial charge in [-0.25, -0.2) is 14.8 Å². The van der Waals surface area contributed by atoms with E-state index >= 15 is 0 Å². The third-order valence-electron chi connectivity index (χ3n) is 4.90. The summed E-state index contributed by atoms with van der Waals surface area (Å²) in [6.07, 6.45) is 7.86. The van der Waals surface area contributed by atoms with Crippen LogP contribution in [0.4, 0.5) is 10.1 Å². The molecular weight excluding hydrogens is 293 g/mol. The van der Waals surface area contributed by atoms with Crippen molar-refractivity contribution in [2.45, 2.75) is 32.2 Å². The number of hydrogen-bond acceptors (Lipinski definition) is 4. The lowest BCUT2D eigenvalue weighted by Gasteiger charge is -2.22. The van der Waals surface area contributed by atoms with Gasteiger partial charge in [0.05, 0.1) is 17.6 Å². The molecular formula is C17H16FN5. The molecule has 0 atom stereocenters. The molecule has 0 unspecified atom stereocenters. The van der Waals surface area contributed by atoms with Crippen LogP contribution in [0.2, 0.25) is 0 Å². The van der Waals surface area contributed by atoms with Crippen molar-refractivity contribution >= 4 is 16.6 Å². The minimum Gasteiger partial charge on any atom is -0.321 e. The number of halogens is 1. The molecule has 0 spiro atoms. The van der Waals surface area contributed by atoms with Gasteiger partial charge in [0.15, 0.2) is 5.82 Å². The Labute approximate surface area is 132 Å². The molecule has 3 N–H and O–H groups in total. The zero-order valence-electron chi connectivity index (χ0n) is 12.5. The number of benzene rings is 1. The van der Waals surface area contributed by atoms with Crippen LogP contribution >= 0.6 is 0 Å². The molecule has 1 aliphatic heterocycles. The lowest BCUT2D eigenvalue weighted by atomic mass is 9.85. The molecule has 0 radical (unpaired) electrons. The van der Waals surface area contributed by atoms with Gasteiger partial charge < -0.3 is 5.43 Å². The van der Waals surface area contributed by atoms with Gasteiger partial charge in [-0.3, -0.25) is 5.10 Å². The number of nitrogens with zero attached hydrogens (tertiary/aromatic N) is 2. The normalized spacial score (nSPS) is 16.2. The molecule has 0 amide bonds. The molecule has 1 aliphatic carbocycles. The molecule has 2 aliphatic rings. The Balaban J connectivity index is 1.92. The van der Waals surface area contributed by atoms with Gasteiger partial charge in [0.1, 0.15) is 5.52 Å². The Morgan fingerprint density at radius 1 is 1.09 bits per heavy atom. The molecule has 2 aromatic heterocycles. The quantitative estimate of drug-likeness (QED) is 0.646. The second kappa shape index (κ2) is 4.76. The SMILES string of the molecule is Fc1cc2c(c3c4c(c(-c5cn[nH]c5)nc13)CCCC4)CNN2. The summed E-state index contributed by atoms with van der Waals surface area (Å²) in [6.45, 7) is 0.700. The van der Waals surface area contributed by atoms with E-state index in [2.05, 4.69) is 21.0 Å². The minimum absolute atomic E-state index is 0.270. The molecule has 0 saturated heterocycles. The number of H-pyrrole nitrogens is 1. The van der Waals surface area contributed by atoms with Gasteiger partial charge in [-0.1, -0.05) is 0 Å². The summed E-state index contributed by atoms with van der Waals surface area (Å²) in [5.41, 5.74) is 12.9. The van der Waals surface area contributed by atoms with Crippen LogP contribution in [-0.2, 0) is 19.4 Å². The van der Waals surface area contributed by atoms with Crippen molar-refractivity contribution in [1.29, 1.82) is 0 Å². The highest BCUT2D eigenvalue weighted by atomic mass is 19.1. The van der Waals surface area contributed by atoms with Crippen molar-refractivity contribution in [2.24, 2.45) is 0 Å². The van der Waals surface area contributed by atoms with E-state index in [4.69, 9.17) is 4.98 Å². The van der Waals surface area contributed by atoms with Crippen molar-refractivity contribution in [3.05, 3.63) is 41.0 Å². The lowest BCUT2D eigenvalue weighted by Crippen LogP contribution is -2.11. The Morgan fingerprint density at radius 3 is 2.78 bits per heavy atom. The van der Waals surface area contributed by atoms with Gasteiger partial charge in [0, 0.05) is 35.3 Å². The van der Waals surface area contributed by atoms with Crippen LogP contribution in [0.1, 0.15) is 29.5 Å². The Morgan fingerprint density at radius 2 is 1.96 bits per heavy atom. The van der Waals surface area contributed by atoms with E-state index in [1.54, 1.807) is 12.3 Å². The first-order valence-electron chi connectivity index (χ1n) is 7.98. The van der Waals surface area contributed by atoms with Crippen molar-refractivity contribution < 1.29 is 4.39 Å². The number of aromatic nitrogens is 3. The molecule has 6 heteroatoms. The number of anilines is 1. The molecule has 5 rings (SSSR count). The van der Waals surface area contributed by atoms with Crippen molar-refractivity contribution in [3.63, 3.8) is 0 Å². The fourth-order valence-corrected chi connectivity index (χ4v) is 3.88. The van der Waals surface area contributed by atoms with E-state index < -0.39 is 0 Å². The van der Waals surface area contributed by atoms with Gasteiger partial charge in [-0.2, -0.15) is 5.10 Å². The summed E-state index contributed by atoms with van der Waals surface area (Å²) in [7, 11) is 0. The van der Waals surface area contributed by atoms with Gasteiger partial charge in [0.2, 0.25) is 0 Å². The topological polar surface area (TPSA) is 65.6 Å². The number of nitrogens with one attached hydrogen (secondary N) is 3. The lowest BCUT2D eigenvalue weighted by molar-refractivity contribution is 0.635. The monoisotopic (exact) mass is 309 g/mol. The fraction of sp³-hybridized carbons (Fsp3) is 0.294. The fourth-order valence-electron chi connectivity index (χ4n) is 3.88. The second-order valence-corrected chi connectivity index (χ2v) is 6.20. The van der Waals surface area contributed by atoms with Crippen LogP contribution < -0.4 is 10.9 Å². The third-order valence-corrected chi connectivity index (χ3v) is 4.90. The molecule has 3 heterocycles. The first-order valence-corrected chi connectivity index (χ1v) is 7.98. The van der Waals surface area contributed by atoms with E-state index in [1.165, 1.54) is 11.1 Å². The van der Waals surface area contributed by atoms with Crippen LogP contribution in [0.3, 0.4) is 0 Å². The third kappa shape index (κ3) is 1.81. The molecule has 0 saturated carbocycles. The highest BCUT2D eigenvalue weighted by molar-refractivity contribution is 5.94. The largest absolute Gasteiger partial charge is 0.321 e. The molecule has 0 fully saturated rings. The Hall–Kier alpha value is -2.47. The summed E-state index contributed by atoms with van der Waals surface area (Å²) < 4.78 is 14.7. The van der Waals surface area contributed by atoms with Crippen molar-refractivity contribution in [3.8, 4) is 11.3 Å². The number of hydrazine groups is 1. The summed E-state index contributed by atoms with van der Waals surface area (Å²) in [6, 6.07) is 1.54. The summed E-state index contributed by atoms with van der Waals surface area (Å²) in [5, 5.41) is 7.86. The van der Waals surface area contributed by atoms with Crippen LogP contribution in [0.15, 0.2) is 18.5 Å². The van der Waals surface area contributed by atoms with Crippen LogP contribution in [-0.4, -0.2) is 15.2 Å². The molecule has 0 bridgehead atoms. The van der Waals surface area contributed by atoms with E-state index in [-0.39, 0.29) is 5.82 Å². The van der Waals surface area contributed by atoms with E-state index in [1.807, 2.05) is 6.20 Å². The average molecular weight is 309 g/mol. The predicted molar refractivity (Wildman–Crippen MR) is 86.4 cm³/mol. The number of rotatable bonds is 1. The van der Waals surface area contributed by atoms with Crippen molar-refractivity contribution in [2.75, 3.05) is 5.43 Å². The number of hydrogen-bond donors (Lipinski definition) is 3. The maximum atomic E-state index is 14.7. The minimum atomic E-state index is -0.270. The summed E-state index contributed by atoms with van der Waals surface area (Å²) in [4.78, 5) is 4.72. The molecule has 23 heavy (non-hydrogen) atoms. The maximum absolute atomic E-state index is 14.7. The van der Waals surface area contributed by atoms with E-state index in [0.29, 0.717) is 12.1 Å². The number of fused-ring (bicyclic) bond motifs is 5. The first-order chi connectivity index (χ1) is 11.3. The maximum Gasteiger partial charge on any atom is 0.151 e. The first kappa shape index (κ1) is 13.0. The van der Waals surface area contributed by atoms with Gasteiger partial charge in [0.25, 0.3) is 0 Å². The predicted octanol–water partition coefficient (Wildman–Crippen LogP) is 3.07. The van der Waals surface area contributed by atoms with Crippen molar-refractivity contribution in [1.82, 2.24) is 20.6 Å². The molecule has 116 valence electrons. The Kier molecular flexibility index (Phi) is 2.69. The van der Waals surface area contributed by atoms with Crippen LogP contribution in [0.5, 0.6) is 0 Å². The smallest absolute Gasteiger partial charge is 0.151 e. The summed E-state index contributed by atoms with van der Waals surface area (Å²) >= 11 is 0. The number of pyridine rings is 1. The Bertz CT molecular complexity index is 917. The van der Waals surface area contributed by atoms with Crippen LogP contribution in [0.25, 0.3) is 22.2 Å². The number of aromatic amines is 1. The zero-order chi connectivity index (χ0) is 15.4. The van der Waals surface area contributed by atoms with E-state index in [0.717, 1.165) is 53.6 Å². The van der Waals surface area contributed by atoms with Gasteiger partial charge in [-0.15, -0.1) is 0 Å².